The Bertz CT molecular complexity index is 1270. The molecular weight excluding hydrogens is 436 g/mol. The van der Waals surface area contributed by atoms with Crippen LogP contribution in [0.3, 0.4) is 0 Å². The van der Waals surface area contributed by atoms with E-state index >= 15 is 0 Å². The highest BCUT2D eigenvalue weighted by Gasteiger charge is 2.21. The highest BCUT2D eigenvalue weighted by molar-refractivity contribution is 5.93. The number of hydrogen-bond acceptors (Lipinski definition) is 3. The summed E-state index contributed by atoms with van der Waals surface area (Å²) >= 11 is 0. The molecule has 1 aromatic heterocycles. The molecule has 1 amide bonds. The summed E-state index contributed by atoms with van der Waals surface area (Å²) in [4.78, 5) is 27.9. The predicted octanol–water partition coefficient (Wildman–Crippen LogP) is 5.79. The minimum absolute atomic E-state index is 0.237. The van der Waals surface area contributed by atoms with Gasteiger partial charge < -0.3 is 14.2 Å². The number of nitrogens with zero attached hydrogens (tertiary/aromatic N) is 2. The fourth-order valence-corrected chi connectivity index (χ4v) is 4.29. The number of carbonyl (C=O) groups is 2. The predicted molar refractivity (Wildman–Crippen MR) is 137 cm³/mol. The fraction of sp³-hybridized carbons (Fsp3) is 0.200. The number of para-hydroxylation sites is 1. The fourth-order valence-electron chi connectivity index (χ4n) is 4.29. The first-order valence-corrected chi connectivity index (χ1v) is 11.7. The maximum absolute atomic E-state index is 13.2. The van der Waals surface area contributed by atoms with Gasteiger partial charge in [-0.05, 0) is 49.6 Å². The Morgan fingerprint density at radius 2 is 1.31 bits per heavy atom. The molecule has 0 N–H and O–H groups in total. The Kier molecular flexibility index (Phi) is 7.46. The summed E-state index contributed by atoms with van der Waals surface area (Å²) < 4.78 is 7.56. The van der Waals surface area contributed by atoms with Gasteiger partial charge in [-0.25, -0.2) is 4.79 Å². The van der Waals surface area contributed by atoms with E-state index in [4.69, 9.17) is 4.74 Å². The van der Waals surface area contributed by atoms with Gasteiger partial charge in [0.2, 0.25) is 0 Å². The van der Waals surface area contributed by atoms with Crippen molar-refractivity contribution in [2.75, 3.05) is 6.61 Å². The van der Waals surface area contributed by atoms with Crippen molar-refractivity contribution < 1.29 is 14.3 Å². The van der Waals surface area contributed by atoms with Crippen LogP contribution in [-0.2, 0) is 22.6 Å². The molecule has 0 aliphatic carbocycles. The molecule has 1 heterocycles. The van der Waals surface area contributed by atoms with E-state index in [1.54, 1.807) is 4.90 Å². The number of esters is 1. The number of carbonyl (C=O) groups excluding carboxylic acids is 2. The minimum Gasteiger partial charge on any atom is -0.452 e. The highest BCUT2D eigenvalue weighted by Crippen LogP contribution is 2.24. The Morgan fingerprint density at radius 3 is 1.89 bits per heavy atom. The van der Waals surface area contributed by atoms with E-state index in [1.165, 1.54) is 0 Å². The van der Waals surface area contributed by atoms with Gasteiger partial charge in [0.1, 0.15) is 0 Å². The van der Waals surface area contributed by atoms with Crippen LogP contribution < -0.4 is 0 Å². The standard InChI is InChI=1S/C30H30N2O3/c1-22-12-10-11-17-28(22)32-23(2)18-27(24(32)3)30(34)35-21-29(33)31(19-25-13-6-4-7-14-25)20-26-15-8-5-9-16-26/h4-18H,19-21H2,1-3H3. The van der Waals surface area contributed by atoms with E-state index < -0.39 is 5.97 Å². The lowest BCUT2D eigenvalue weighted by Gasteiger charge is -2.23. The normalized spacial score (nSPS) is 10.7. The molecule has 0 aliphatic heterocycles. The first-order valence-electron chi connectivity index (χ1n) is 11.7. The number of aryl methyl sites for hydroxylation is 2. The summed E-state index contributed by atoms with van der Waals surface area (Å²) in [5, 5.41) is 0. The summed E-state index contributed by atoms with van der Waals surface area (Å²) in [5.41, 5.74) is 6.37. The second kappa shape index (κ2) is 10.9. The van der Waals surface area contributed by atoms with Gasteiger partial charge in [0, 0.05) is 30.2 Å². The Morgan fingerprint density at radius 1 is 0.771 bits per heavy atom. The maximum atomic E-state index is 13.2. The molecule has 0 aliphatic rings. The van der Waals surface area contributed by atoms with Crippen LogP contribution in [0.5, 0.6) is 0 Å². The summed E-state index contributed by atoms with van der Waals surface area (Å²) in [6, 6.07) is 29.5. The molecule has 0 saturated heterocycles. The molecule has 3 aromatic carbocycles. The third kappa shape index (κ3) is 5.69. The molecule has 178 valence electrons. The third-order valence-electron chi connectivity index (χ3n) is 6.12. The van der Waals surface area contributed by atoms with Crippen molar-refractivity contribution >= 4 is 11.9 Å². The van der Waals surface area contributed by atoms with Crippen molar-refractivity contribution in [1.29, 1.82) is 0 Å². The zero-order valence-corrected chi connectivity index (χ0v) is 20.4. The van der Waals surface area contributed by atoms with Crippen molar-refractivity contribution in [3.8, 4) is 5.69 Å². The SMILES string of the molecule is Cc1ccccc1-n1c(C)cc(C(=O)OCC(=O)N(Cc2ccccc2)Cc2ccccc2)c1C. The lowest BCUT2D eigenvalue weighted by atomic mass is 10.1. The first-order chi connectivity index (χ1) is 16.9. The number of benzene rings is 3. The molecule has 0 spiro atoms. The molecule has 0 saturated carbocycles. The zero-order chi connectivity index (χ0) is 24.8. The molecule has 0 radical (unpaired) electrons. The van der Waals surface area contributed by atoms with E-state index in [1.807, 2.05) is 116 Å². The van der Waals surface area contributed by atoms with Crippen LogP contribution in [0, 0.1) is 20.8 Å². The number of aromatic nitrogens is 1. The summed E-state index contributed by atoms with van der Waals surface area (Å²) in [7, 11) is 0. The number of rotatable bonds is 8. The lowest BCUT2D eigenvalue weighted by molar-refractivity contribution is -0.135. The van der Waals surface area contributed by atoms with Crippen LogP contribution in [0.25, 0.3) is 5.69 Å². The molecule has 4 rings (SSSR count). The number of ether oxygens (including phenoxy) is 1. The van der Waals surface area contributed by atoms with Crippen LogP contribution in [0.4, 0.5) is 0 Å². The average Bonchev–Trinajstić information content (AvgIpc) is 3.17. The minimum atomic E-state index is -0.495. The van der Waals surface area contributed by atoms with E-state index in [-0.39, 0.29) is 12.5 Å². The van der Waals surface area contributed by atoms with Gasteiger partial charge in [-0.2, -0.15) is 0 Å². The molecule has 0 unspecified atom stereocenters. The number of hydrogen-bond donors (Lipinski definition) is 0. The number of amides is 1. The van der Waals surface area contributed by atoms with Crippen LogP contribution in [-0.4, -0.2) is 28.0 Å². The Labute approximate surface area is 206 Å². The third-order valence-corrected chi connectivity index (χ3v) is 6.12. The summed E-state index contributed by atoms with van der Waals surface area (Å²) in [6.45, 7) is 6.46. The van der Waals surface area contributed by atoms with Gasteiger partial charge in [0.25, 0.3) is 5.91 Å². The summed E-state index contributed by atoms with van der Waals surface area (Å²) in [6.07, 6.45) is 0. The maximum Gasteiger partial charge on any atom is 0.340 e. The molecule has 4 aromatic rings. The van der Waals surface area contributed by atoms with Gasteiger partial charge in [-0.3, -0.25) is 4.79 Å². The smallest absolute Gasteiger partial charge is 0.340 e. The van der Waals surface area contributed by atoms with E-state index in [0.717, 1.165) is 33.8 Å². The Balaban J connectivity index is 1.49. The van der Waals surface area contributed by atoms with Gasteiger partial charge >= 0.3 is 5.97 Å². The van der Waals surface area contributed by atoms with Gasteiger partial charge in [0.05, 0.1) is 5.56 Å². The zero-order valence-electron chi connectivity index (χ0n) is 20.4. The van der Waals surface area contributed by atoms with Crippen LogP contribution in [0.2, 0.25) is 0 Å². The first kappa shape index (κ1) is 24.0. The lowest BCUT2D eigenvalue weighted by Crippen LogP contribution is -2.34. The molecule has 0 fully saturated rings. The van der Waals surface area contributed by atoms with Crippen LogP contribution in [0.1, 0.15) is 38.4 Å². The average molecular weight is 467 g/mol. The molecule has 5 nitrogen and oxygen atoms in total. The molecule has 0 bridgehead atoms. The monoisotopic (exact) mass is 466 g/mol. The quantitative estimate of drug-likeness (QED) is 0.309. The van der Waals surface area contributed by atoms with Crippen molar-refractivity contribution in [1.82, 2.24) is 9.47 Å². The van der Waals surface area contributed by atoms with Gasteiger partial charge in [0.15, 0.2) is 6.61 Å². The van der Waals surface area contributed by atoms with E-state index in [9.17, 15) is 9.59 Å². The topological polar surface area (TPSA) is 51.5 Å². The van der Waals surface area contributed by atoms with Crippen molar-refractivity contribution in [3.05, 3.63) is 125 Å². The highest BCUT2D eigenvalue weighted by atomic mass is 16.5. The largest absolute Gasteiger partial charge is 0.452 e. The molecule has 5 heteroatoms. The van der Waals surface area contributed by atoms with E-state index in [2.05, 4.69) is 0 Å². The van der Waals surface area contributed by atoms with E-state index in [0.29, 0.717) is 18.7 Å². The molecular formula is C30H30N2O3. The van der Waals surface area contributed by atoms with Crippen molar-refractivity contribution in [3.63, 3.8) is 0 Å². The van der Waals surface area contributed by atoms with Gasteiger partial charge in [-0.1, -0.05) is 78.9 Å². The molecule has 35 heavy (non-hydrogen) atoms. The van der Waals surface area contributed by atoms with Crippen molar-refractivity contribution in [2.45, 2.75) is 33.9 Å². The van der Waals surface area contributed by atoms with Crippen LogP contribution in [0.15, 0.2) is 91.0 Å². The second-order valence-corrected chi connectivity index (χ2v) is 8.70. The van der Waals surface area contributed by atoms with Crippen molar-refractivity contribution in [2.24, 2.45) is 0 Å². The van der Waals surface area contributed by atoms with Crippen LogP contribution >= 0.6 is 0 Å². The van der Waals surface area contributed by atoms with Gasteiger partial charge in [-0.15, -0.1) is 0 Å². The summed E-state index contributed by atoms with van der Waals surface area (Å²) in [5.74, 6) is -0.732. The molecule has 0 atom stereocenters. The second-order valence-electron chi connectivity index (χ2n) is 8.70. The Hall–Kier alpha value is -4.12.